The summed E-state index contributed by atoms with van der Waals surface area (Å²) in [7, 11) is 0. The first kappa shape index (κ1) is 19.1. The maximum Gasteiger partial charge on any atom is 0.314 e. The summed E-state index contributed by atoms with van der Waals surface area (Å²) in [5.41, 5.74) is 0. The molecular weight excluding hydrogens is 272 g/mol. The van der Waals surface area contributed by atoms with Gasteiger partial charge in [0.1, 0.15) is 0 Å². The quantitative estimate of drug-likeness (QED) is 0.447. The zero-order chi connectivity index (χ0) is 10.6. The summed E-state index contributed by atoms with van der Waals surface area (Å²) >= 11 is 0. The molecule has 0 atom stereocenters. The number of hydrogen-bond acceptors (Lipinski definition) is 6. The maximum atomic E-state index is 10.0. The Balaban J connectivity index is 0. The molecule has 0 saturated carbocycles. The maximum absolute atomic E-state index is 10.0. The zero-order valence-electron chi connectivity index (χ0n) is 7.99. The normalized spacial score (nSPS) is 17.5. The van der Waals surface area contributed by atoms with Crippen molar-refractivity contribution in [2.45, 2.75) is 25.7 Å². The summed E-state index contributed by atoms with van der Waals surface area (Å²) in [6, 6.07) is 0. The van der Waals surface area contributed by atoms with E-state index in [2.05, 4.69) is 9.47 Å². The van der Waals surface area contributed by atoms with E-state index in [4.69, 9.17) is 0 Å². The van der Waals surface area contributed by atoms with Gasteiger partial charge in [-0.1, -0.05) is 0 Å². The first-order valence-corrected chi connectivity index (χ1v) is 4.05. The van der Waals surface area contributed by atoms with E-state index in [0.29, 0.717) is 0 Å². The molecule has 2 heterocycles. The van der Waals surface area contributed by atoms with Gasteiger partial charge in [0, 0.05) is 75.5 Å². The Bertz CT molecular complexity index is 243. The summed E-state index contributed by atoms with van der Waals surface area (Å²) in [6.07, 6.45) is 1.05. The number of carbonyl (C=O) groups is 4. The van der Waals surface area contributed by atoms with E-state index in [1.54, 1.807) is 0 Å². The molecule has 0 aromatic rings. The minimum Gasteiger partial charge on any atom is -0.393 e. The second kappa shape index (κ2) is 9.79. The molecule has 6 nitrogen and oxygen atoms in total. The molecule has 0 unspecified atom stereocenters. The number of cyclic esters (lactones) is 4. The summed E-state index contributed by atoms with van der Waals surface area (Å²) in [5, 5.41) is 0. The molecule has 2 aliphatic rings. The standard InChI is InChI=1S/2C4H4O3.2Ar/c2*5-3-1-2-4(6)7-3;;/h2*1-2H2;;. The van der Waals surface area contributed by atoms with Crippen molar-refractivity contribution in [1.82, 2.24) is 0 Å². The number of ether oxygens (including phenoxy) is 2. The van der Waals surface area contributed by atoms with E-state index in [-0.39, 0.29) is 101 Å². The van der Waals surface area contributed by atoms with Gasteiger partial charge in [-0.15, -0.1) is 0 Å². The Morgan fingerprint density at radius 1 is 0.562 bits per heavy atom. The summed E-state index contributed by atoms with van der Waals surface area (Å²) in [5.74, 6) is -1.59. The molecule has 2 fully saturated rings. The van der Waals surface area contributed by atoms with Crippen molar-refractivity contribution < 1.29 is 104 Å². The van der Waals surface area contributed by atoms with Crippen molar-refractivity contribution in [3.63, 3.8) is 0 Å². The van der Waals surface area contributed by atoms with Crippen LogP contribution in [0, 0.1) is 75.5 Å². The van der Waals surface area contributed by atoms with Crippen LogP contribution in [0.2, 0.25) is 0 Å². The van der Waals surface area contributed by atoms with Gasteiger partial charge in [-0.25, -0.2) is 0 Å². The average Bonchev–Trinajstić information content (AvgIpc) is 2.63. The third-order valence-electron chi connectivity index (χ3n) is 1.52. The van der Waals surface area contributed by atoms with Crippen molar-refractivity contribution in [3.05, 3.63) is 0 Å². The predicted molar refractivity (Wildman–Crippen MR) is 40.7 cm³/mol. The molecular formula is C8H8Ar2O6. The predicted octanol–water partition coefficient (Wildman–Crippen LogP) is -0.300. The molecule has 2 saturated heterocycles. The SMILES string of the molecule is O=C1CCC(=O)O1.O=C1CCC(=O)O1.[Ar].[Ar]. The topological polar surface area (TPSA) is 86.7 Å². The van der Waals surface area contributed by atoms with Crippen LogP contribution in [0.1, 0.15) is 25.7 Å². The van der Waals surface area contributed by atoms with E-state index >= 15 is 0 Å². The van der Waals surface area contributed by atoms with Gasteiger partial charge in [-0.2, -0.15) is 0 Å². The van der Waals surface area contributed by atoms with Gasteiger partial charge in [-0.05, 0) is 0 Å². The van der Waals surface area contributed by atoms with E-state index in [1.807, 2.05) is 0 Å². The van der Waals surface area contributed by atoms with E-state index in [9.17, 15) is 19.2 Å². The molecule has 0 aromatic heterocycles. The minimum atomic E-state index is -0.398. The van der Waals surface area contributed by atoms with Gasteiger partial charge in [0.15, 0.2) is 0 Å². The molecule has 8 heteroatoms. The fourth-order valence-electron chi connectivity index (χ4n) is 0.866. The Hall–Kier alpha value is 0.799. The van der Waals surface area contributed by atoms with Crippen LogP contribution < -0.4 is 0 Å². The van der Waals surface area contributed by atoms with Crippen LogP contribution in [0.15, 0.2) is 0 Å². The molecule has 0 N–H and O–H groups in total. The number of hydrogen-bond donors (Lipinski definition) is 0. The van der Waals surface area contributed by atoms with Crippen LogP contribution in [-0.4, -0.2) is 23.9 Å². The Morgan fingerprint density at radius 3 is 0.812 bits per heavy atom. The Morgan fingerprint density at radius 2 is 0.750 bits per heavy atom. The first-order valence-electron chi connectivity index (χ1n) is 4.05. The van der Waals surface area contributed by atoms with Gasteiger partial charge in [0.05, 0.1) is 25.7 Å². The first-order chi connectivity index (χ1) is 6.58. The summed E-state index contributed by atoms with van der Waals surface area (Å²) in [4.78, 5) is 40.0. The fraction of sp³-hybridized carbons (Fsp3) is 0.500. The Labute approximate surface area is 151 Å². The molecule has 0 spiro atoms. The van der Waals surface area contributed by atoms with Gasteiger partial charge in [0.25, 0.3) is 0 Å². The van der Waals surface area contributed by atoms with E-state index in [0.717, 1.165) is 0 Å². The minimum absolute atomic E-state index is 0. The molecule has 2 rings (SSSR count). The van der Waals surface area contributed by atoms with Crippen molar-refractivity contribution in [2.24, 2.45) is 0 Å². The van der Waals surface area contributed by atoms with Crippen LogP contribution >= 0.6 is 0 Å². The van der Waals surface area contributed by atoms with Crippen molar-refractivity contribution in [3.8, 4) is 0 Å². The monoisotopic (exact) mass is 280 g/mol. The molecule has 0 amide bonds. The third kappa shape index (κ3) is 7.97. The van der Waals surface area contributed by atoms with Gasteiger partial charge in [-0.3, -0.25) is 19.2 Å². The average molecular weight is 280 g/mol. The van der Waals surface area contributed by atoms with Crippen molar-refractivity contribution >= 4 is 23.9 Å². The van der Waals surface area contributed by atoms with Crippen molar-refractivity contribution in [1.29, 1.82) is 0 Å². The Kier molecular flexibility index (Phi) is 11.7. The molecule has 2 aliphatic heterocycles. The van der Waals surface area contributed by atoms with Crippen LogP contribution in [-0.2, 0) is 28.7 Å². The van der Waals surface area contributed by atoms with Crippen LogP contribution in [0.4, 0.5) is 0 Å². The number of carbonyl (C=O) groups excluding carboxylic acids is 4. The largest absolute Gasteiger partial charge is 0.393 e. The van der Waals surface area contributed by atoms with Crippen LogP contribution in [0.3, 0.4) is 0 Å². The molecule has 16 heavy (non-hydrogen) atoms. The summed E-state index contributed by atoms with van der Waals surface area (Å²) < 4.78 is 8.17. The van der Waals surface area contributed by atoms with Crippen LogP contribution in [0.5, 0.6) is 0 Å². The molecule has 0 aromatic carbocycles. The number of rotatable bonds is 0. The molecule has 0 radical (unpaired) electrons. The summed E-state index contributed by atoms with van der Waals surface area (Å²) in [6.45, 7) is 0. The van der Waals surface area contributed by atoms with Gasteiger partial charge < -0.3 is 9.47 Å². The second-order valence-electron chi connectivity index (χ2n) is 2.69. The molecule has 92 valence electrons. The van der Waals surface area contributed by atoms with Crippen molar-refractivity contribution in [2.75, 3.05) is 0 Å². The smallest absolute Gasteiger partial charge is 0.314 e. The van der Waals surface area contributed by atoms with E-state index < -0.39 is 23.9 Å². The zero-order valence-corrected chi connectivity index (χ0v) is 9.40. The second-order valence-corrected chi connectivity index (χ2v) is 2.69. The molecule has 0 aliphatic carbocycles. The molecule has 0 bridgehead atoms. The third-order valence-corrected chi connectivity index (χ3v) is 1.52. The van der Waals surface area contributed by atoms with Gasteiger partial charge in [0.2, 0.25) is 0 Å². The van der Waals surface area contributed by atoms with Gasteiger partial charge >= 0.3 is 23.9 Å². The fourth-order valence-corrected chi connectivity index (χ4v) is 0.866. The van der Waals surface area contributed by atoms with E-state index in [1.165, 1.54) is 0 Å². The van der Waals surface area contributed by atoms with Crippen LogP contribution in [0.25, 0.3) is 0 Å². The number of esters is 4.